The zero-order valence-electron chi connectivity index (χ0n) is 16.1. The number of guanidine groups is 1. The van der Waals surface area contributed by atoms with Crippen LogP contribution in [-0.4, -0.2) is 33.8 Å². The van der Waals surface area contributed by atoms with Crippen molar-refractivity contribution in [2.45, 2.75) is 19.1 Å². The average molecular weight is 395 g/mol. The van der Waals surface area contributed by atoms with Crippen molar-refractivity contribution in [1.82, 2.24) is 10.6 Å². The Labute approximate surface area is 162 Å². The van der Waals surface area contributed by atoms with Crippen LogP contribution < -0.4 is 20.1 Å². The SMILES string of the molecule is CN=C(NCCc1ccc(C(F)(F)F)cc1)NCc1ccc(OC)cc1OC. The van der Waals surface area contributed by atoms with Crippen LogP contribution in [0.3, 0.4) is 0 Å². The van der Waals surface area contributed by atoms with Gasteiger partial charge in [0, 0.05) is 31.8 Å². The molecule has 2 aromatic rings. The van der Waals surface area contributed by atoms with Gasteiger partial charge in [0.25, 0.3) is 0 Å². The molecule has 0 amide bonds. The minimum absolute atomic E-state index is 0.493. The normalized spacial score (nSPS) is 11.9. The summed E-state index contributed by atoms with van der Waals surface area (Å²) in [4.78, 5) is 4.15. The zero-order valence-corrected chi connectivity index (χ0v) is 16.1. The quantitative estimate of drug-likeness (QED) is 0.555. The van der Waals surface area contributed by atoms with Crippen molar-refractivity contribution < 1.29 is 22.6 Å². The Balaban J connectivity index is 1.85. The van der Waals surface area contributed by atoms with Crippen LogP contribution >= 0.6 is 0 Å². The van der Waals surface area contributed by atoms with Gasteiger partial charge in [-0.2, -0.15) is 13.2 Å². The highest BCUT2D eigenvalue weighted by Gasteiger charge is 2.29. The second-order valence-corrected chi connectivity index (χ2v) is 5.98. The fourth-order valence-corrected chi connectivity index (χ4v) is 2.58. The van der Waals surface area contributed by atoms with E-state index < -0.39 is 11.7 Å². The lowest BCUT2D eigenvalue weighted by Crippen LogP contribution is -2.37. The second kappa shape index (κ2) is 9.87. The van der Waals surface area contributed by atoms with E-state index in [2.05, 4.69) is 15.6 Å². The minimum Gasteiger partial charge on any atom is -0.497 e. The summed E-state index contributed by atoms with van der Waals surface area (Å²) in [7, 11) is 4.84. The summed E-state index contributed by atoms with van der Waals surface area (Å²) in [5, 5.41) is 6.33. The van der Waals surface area contributed by atoms with Crippen molar-refractivity contribution in [3.05, 3.63) is 59.2 Å². The molecule has 0 saturated carbocycles. The summed E-state index contributed by atoms with van der Waals surface area (Å²) in [6.07, 6.45) is -3.74. The Hall–Kier alpha value is -2.90. The topological polar surface area (TPSA) is 54.9 Å². The lowest BCUT2D eigenvalue weighted by Gasteiger charge is -2.14. The van der Waals surface area contributed by atoms with Gasteiger partial charge >= 0.3 is 6.18 Å². The van der Waals surface area contributed by atoms with Crippen LogP contribution in [0.1, 0.15) is 16.7 Å². The number of rotatable bonds is 7. The number of hydrogen-bond donors (Lipinski definition) is 2. The molecule has 28 heavy (non-hydrogen) atoms. The molecule has 0 aliphatic rings. The summed E-state index contributed by atoms with van der Waals surface area (Å²) in [5.74, 6) is 2.00. The molecule has 2 N–H and O–H groups in total. The van der Waals surface area contributed by atoms with Gasteiger partial charge in [0.2, 0.25) is 0 Å². The van der Waals surface area contributed by atoms with Gasteiger partial charge in [0.05, 0.1) is 19.8 Å². The highest BCUT2D eigenvalue weighted by Crippen LogP contribution is 2.29. The lowest BCUT2D eigenvalue weighted by molar-refractivity contribution is -0.137. The van der Waals surface area contributed by atoms with Gasteiger partial charge < -0.3 is 20.1 Å². The van der Waals surface area contributed by atoms with Gasteiger partial charge in [0.1, 0.15) is 11.5 Å². The van der Waals surface area contributed by atoms with Crippen molar-refractivity contribution in [3.63, 3.8) is 0 Å². The predicted octanol–water partition coefficient (Wildman–Crippen LogP) is 3.63. The van der Waals surface area contributed by atoms with Crippen LogP contribution in [0.2, 0.25) is 0 Å². The smallest absolute Gasteiger partial charge is 0.416 e. The first kappa shape index (κ1) is 21.4. The Kier molecular flexibility index (Phi) is 7.54. The molecule has 152 valence electrons. The fourth-order valence-electron chi connectivity index (χ4n) is 2.58. The van der Waals surface area contributed by atoms with E-state index in [1.54, 1.807) is 27.3 Å². The van der Waals surface area contributed by atoms with E-state index in [0.717, 1.165) is 23.3 Å². The Morgan fingerprint density at radius 1 is 1.00 bits per heavy atom. The molecule has 0 aliphatic heterocycles. The number of alkyl halides is 3. The number of nitrogens with one attached hydrogen (secondary N) is 2. The van der Waals surface area contributed by atoms with Crippen LogP contribution in [0.5, 0.6) is 11.5 Å². The summed E-state index contributed by atoms with van der Waals surface area (Å²) in [5.41, 5.74) is 1.11. The number of nitrogens with zero attached hydrogens (tertiary/aromatic N) is 1. The van der Waals surface area contributed by atoms with Crippen LogP contribution in [0, 0.1) is 0 Å². The Bertz CT molecular complexity index is 790. The zero-order chi connectivity index (χ0) is 20.6. The standard InChI is InChI=1S/C20H24F3N3O2/c1-24-19(26-13-15-6-9-17(27-2)12-18(15)28-3)25-11-10-14-4-7-16(8-5-14)20(21,22)23/h4-9,12H,10-11,13H2,1-3H3,(H2,24,25,26). The number of methoxy groups -OCH3 is 2. The molecule has 0 aliphatic carbocycles. The van der Waals surface area contributed by atoms with Gasteiger partial charge in [-0.15, -0.1) is 0 Å². The Morgan fingerprint density at radius 3 is 2.29 bits per heavy atom. The van der Waals surface area contributed by atoms with Gasteiger partial charge in [0.15, 0.2) is 5.96 Å². The van der Waals surface area contributed by atoms with E-state index in [1.807, 2.05) is 12.1 Å². The third-order valence-electron chi connectivity index (χ3n) is 4.15. The van der Waals surface area contributed by atoms with Gasteiger partial charge in [-0.1, -0.05) is 12.1 Å². The summed E-state index contributed by atoms with van der Waals surface area (Å²) in [6, 6.07) is 10.7. The average Bonchev–Trinajstić information content (AvgIpc) is 2.70. The van der Waals surface area contributed by atoms with E-state index in [9.17, 15) is 13.2 Å². The van der Waals surface area contributed by atoms with Crippen LogP contribution in [0.25, 0.3) is 0 Å². The van der Waals surface area contributed by atoms with E-state index in [1.165, 1.54) is 12.1 Å². The largest absolute Gasteiger partial charge is 0.497 e. The van der Waals surface area contributed by atoms with E-state index >= 15 is 0 Å². The monoisotopic (exact) mass is 395 g/mol. The molecule has 2 aromatic carbocycles. The van der Waals surface area contributed by atoms with Crippen molar-refractivity contribution in [3.8, 4) is 11.5 Å². The molecule has 0 unspecified atom stereocenters. The molecule has 8 heteroatoms. The maximum Gasteiger partial charge on any atom is 0.416 e. The maximum atomic E-state index is 12.6. The molecule has 0 heterocycles. The Morgan fingerprint density at radius 2 is 1.71 bits per heavy atom. The van der Waals surface area contributed by atoms with Gasteiger partial charge in [-0.25, -0.2) is 0 Å². The third-order valence-corrected chi connectivity index (χ3v) is 4.15. The van der Waals surface area contributed by atoms with Gasteiger partial charge in [-0.3, -0.25) is 4.99 Å². The molecule has 0 bridgehead atoms. The molecule has 2 rings (SSSR count). The van der Waals surface area contributed by atoms with Crippen molar-refractivity contribution in [2.24, 2.45) is 4.99 Å². The molecule has 0 radical (unpaired) electrons. The van der Waals surface area contributed by atoms with Crippen molar-refractivity contribution in [2.75, 3.05) is 27.8 Å². The highest BCUT2D eigenvalue weighted by atomic mass is 19.4. The second-order valence-electron chi connectivity index (χ2n) is 5.98. The number of aliphatic imine (C=N–C) groups is 1. The number of benzene rings is 2. The number of ether oxygens (including phenoxy) is 2. The van der Waals surface area contributed by atoms with E-state index in [-0.39, 0.29) is 0 Å². The van der Waals surface area contributed by atoms with Crippen molar-refractivity contribution >= 4 is 5.96 Å². The summed E-state index contributed by atoms with van der Waals surface area (Å²) >= 11 is 0. The molecule has 0 saturated heterocycles. The maximum absolute atomic E-state index is 12.6. The predicted molar refractivity (Wildman–Crippen MR) is 103 cm³/mol. The first-order valence-electron chi connectivity index (χ1n) is 8.69. The van der Waals surface area contributed by atoms with Crippen LogP contribution in [-0.2, 0) is 19.1 Å². The molecular weight excluding hydrogens is 371 g/mol. The highest BCUT2D eigenvalue weighted by molar-refractivity contribution is 5.79. The lowest BCUT2D eigenvalue weighted by atomic mass is 10.1. The molecule has 0 spiro atoms. The third kappa shape index (κ3) is 6.07. The van der Waals surface area contributed by atoms with E-state index in [0.29, 0.717) is 37.0 Å². The fraction of sp³-hybridized carbons (Fsp3) is 0.350. The molecule has 0 fully saturated rings. The first-order valence-corrected chi connectivity index (χ1v) is 8.69. The molecule has 5 nitrogen and oxygen atoms in total. The molecule has 0 aromatic heterocycles. The minimum atomic E-state index is -4.31. The van der Waals surface area contributed by atoms with Crippen LogP contribution in [0.4, 0.5) is 13.2 Å². The summed E-state index contributed by atoms with van der Waals surface area (Å²) in [6.45, 7) is 1.03. The van der Waals surface area contributed by atoms with Crippen LogP contribution in [0.15, 0.2) is 47.5 Å². The summed E-state index contributed by atoms with van der Waals surface area (Å²) < 4.78 is 48.3. The molecular formula is C20H24F3N3O2. The number of halogens is 3. The van der Waals surface area contributed by atoms with Gasteiger partial charge in [-0.05, 0) is 36.2 Å². The molecule has 0 atom stereocenters. The number of hydrogen-bond acceptors (Lipinski definition) is 3. The van der Waals surface area contributed by atoms with Crippen molar-refractivity contribution in [1.29, 1.82) is 0 Å². The first-order chi connectivity index (χ1) is 13.4. The van der Waals surface area contributed by atoms with E-state index in [4.69, 9.17) is 9.47 Å².